The topological polar surface area (TPSA) is 32.3 Å². The summed E-state index contributed by atoms with van der Waals surface area (Å²) in [6.07, 6.45) is 4.36. The monoisotopic (exact) mass is 189 g/mol. The van der Waals surface area contributed by atoms with E-state index in [1.54, 1.807) is 0 Å². The Morgan fingerprint density at radius 1 is 1.29 bits per heavy atom. The number of hydrogen-bond donors (Lipinski definition) is 2. The molecule has 2 unspecified atom stereocenters. The van der Waals surface area contributed by atoms with Crippen LogP contribution in [0, 0.1) is 0 Å². The van der Waals surface area contributed by atoms with Crippen molar-refractivity contribution < 1.29 is 5.11 Å². The molecule has 1 saturated carbocycles. The van der Waals surface area contributed by atoms with E-state index in [-0.39, 0.29) is 6.04 Å². The Balaban J connectivity index is 2.10. The number of fused-ring (bicyclic) bond motifs is 3. The predicted molar refractivity (Wildman–Crippen MR) is 56.2 cm³/mol. The number of hydrogen-bond acceptors (Lipinski definition) is 2. The third-order valence-electron chi connectivity index (χ3n) is 3.60. The molecule has 0 amide bonds. The molecule has 1 heterocycles. The van der Waals surface area contributed by atoms with Crippen LogP contribution in [-0.2, 0) is 5.60 Å². The van der Waals surface area contributed by atoms with Gasteiger partial charge < -0.3 is 10.4 Å². The van der Waals surface area contributed by atoms with Crippen molar-refractivity contribution in [3.8, 4) is 0 Å². The van der Waals surface area contributed by atoms with Crippen LogP contribution in [0.3, 0.4) is 0 Å². The van der Waals surface area contributed by atoms with E-state index in [4.69, 9.17) is 0 Å². The van der Waals surface area contributed by atoms with Crippen LogP contribution in [0.15, 0.2) is 24.3 Å². The summed E-state index contributed by atoms with van der Waals surface area (Å²) in [6, 6.07) is 8.38. The predicted octanol–water partition coefficient (Wildman–Crippen LogP) is 2.24. The standard InChI is InChI=1S/C12H15NO/c14-12-8-4-3-7-11(12)13-10-6-2-1-5-9(10)12/h1-2,5-6,11,13-14H,3-4,7-8H2. The van der Waals surface area contributed by atoms with Gasteiger partial charge in [-0.1, -0.05) is 31.0 Å². The Morgan fingerprint density at radius 2 is 2.14 bits per heavy atom. The highest BCUT2D eigenvalue weighted by molar-refractivity contribution is 5.60. The van der Waals surface area contributed by atoms with Crippen molar-refractivity contribution in [2.24, 2.45) is 0 Å². The normalized spacial score (nSPS) is 34.5. The van der Waals surface area contributed by atoms with Crippen molar-refractivity contribution >= 4 is 5.69 Å². The Labute approximate surface area is 84.0 Å². The number of nitrogens with one attached hydrogen (secondary N) is 1. The van der Waals surface area contributed by atoms with Gasteiger partial charge in [0.1, 0.15) is 5.60 Å². The second-order valence-corrected chi connectivity index (χ2v) is 4.41. The molecule has 1 aliphatic heterocycles. The van der Waals surface area contributed by atoms with Crippen molar-refractivity contribution in [3.63, 3.8) is 0 Å². The van der Waals surface area contributed by atoms with Crippen molar-refractivity contribution in [1.82, 2.24) is 0 Å². The molecule has 14 heavy (non-hydrogen) atoms. The van der Waals surface area contributed by atoms with Crippen LogP contribution >= 0.6 is 0 Å². The van der Waals surface area contributed by atoms with E-state index in [1.165, 1.54) is 6.42 Å². The van der Waals surface area contributed by atoms with E-state index in [0.717, 1.165) is 30.5 Å². The van der Waals surface area contributed by atoms with Crippen LogP contribution in [-0.4, -0.2) is 11.1 Å². The summed E-state index contributed by atoms with van der Waals surface area (Å²) in [5, 5.41) is 14.0. The lowest BCUT2D eigenvalue weighted by molar-refractivity contribution is -0.00371. The van der Waals surface area contributed by atoms with Gasteiger partial charge in [0, 0.05) is 11.3 Å². The van der Waals surface area contributed by atoms with Gasteiger partial charge in [0.25, 0.3) is 0 Å². The van der Waals surface area contributed by atoms with Crippen LogP contribution in [0.2, 0.25) is 0 Å². The minimum Gasteiger partial charge on any atom is -0.383 e. The molecule has 1 aliphatic carbocycles. The van der Waals surface area contributed by atoms with Crippen molar-refractivity contribution in [2.75, 3.05) is 5.32 Å². The Hall–Kier alpha value is -1.02. The maximum absolute atomic E-state index is 10.6. The summed E-state index contributed by atoms with van der Waals surface area (Å²) < 4.78 is 0. The van der Waals surface area contributed by atoms with Gasteiger partial charge in [-0.15, -0.1) is 0 Å². The average molecular weight is 189 g/mol. The Bertz CT molecular complexity index is 363. The SMILES string of the molecule is OC12CCCCC1Nc1ccccc12. The summed E-state index contributed by atoms with van der Waals surface area (Å²) in [4.78, 5) is 0. The molecule has 1 aromatic rings. The third-order valence-corrected chi connectivity index (χ3v) is 3.60. The molecule has 0 saturated heterocycles. The van der Waals surface area contributed by atoms with Gasteiger partial charge in [-0.05, 0) is 18.9 Å². The minimum absolute atomic E-state index is 0.244. The first-order valence-corrected chi connectivity index (χ1v) is 5.39. The maximum Gasteiger partial charge on any atom is 0.112 e. The van der Waals surface area contributed by atoms with Gasteiger partial charge in [0.15, 0.2) is 0 Å². The van der Waals surface area contributed by atoms with Crippen LogP contribution in [0.1, 0.15) is 31.2 Å². The Morgan fingerprint density at radius 3 is 3.07 bits per heavy atom. The zero-order valence-corrected chi connectivity index (χ0v) is 8.16. The van der Waals surface area contributed by atoms with Crippen LogP contribution in [0.25, 0.3) is 0 Å². The zero-order valence-electron chi connectivity index (χ0n) is 8.16. The second kappa shape index (κ2) is 2.74. The largest absolute Gasteiger partial charge is 0.383 e. The summed E-state index contributed by atoms with van der Waals surface area (Å²) in [6.45, 7) is 0. The van der Waals surface area contributed by atoms with E-state index >= 15 is 0 Å². The lowest BCUT2D eigenvalue weighted by Crippen LogP contribution is -2.41. The molecule has 2 N–H and O–H groups in total. The zero-order chi connectivity index (χ0) is 9.60. The summed E-state index contributed by atoms with van der Waals surface area (Å²) in [7, 11) is 0. The third kappa shape index (κ3) is 0.947. The molecule has 3 rings (SSSR count). The molecule has 0 bridgehead atoms. The van der Waals surface area contributed by atoms with E-state index in [1.807, 2.05) is 18.2 Å². The minimum atomic E-state index is -0.588. The van der Waals surface area contributed by atoms with Gasteiger partial charge in [0.05, 0.1) is 6.04 Å². The van der Waals surface area contributed by atoms with Gasteiger partial charge in [-0.2, -0.15) is 0 Å². The summed E-state index contributed by atoms with van der Waals surface area (Å²) >= 11 is 0. The molecular weight excluding hydrogens is 174 g/mol. The highest BCUT2D eigenvalue weighted by Crippen LogP contribution is 2.46. The molecular formula is C12H15NO. The van der Waals surface area contributed by atoms with Gasteiger partial charge >= 0.3 is 0 Å². The van der Waals surface area contributed by atoms with E-state index in [2.05, 4.69) is 11.4 Å². The number of para-hydroxylation sites is 1. The van der Waals surface area contributed by atoms with E-state index in [9.17, 15) is 5.11 Å². The van der Waals surface area contributed by atoms with E-state index < -0.39 is 5.60 Å². The Kier molecular flexibility index (Phi) is 1.62. The summed E-state index contributed by atoms with van der Waals surface area (Å²) in [5.41, 5.74) is 1.64. The fourth-order valence-corrected chi connectivity index (χ4v) is 2.84. The molecule has 74 valence electrons. The molecule has 2 nitrogen and oxygen atoms in total. The molecule has 2 aliphatic rings. The van der Waals surface area contributed by atoms with Crippen LogP contribution in [0.4, 0.5) is 5.69 Å². The molecule has 2 heteroatoms. The fraction of sp³-hybridized carbons (Fsp3) is 0.500. The molecule has 0 radical (unpaired) electrons. The first-order valence-electron chi connectivity index (χ1n) is 5.39. The van der Waals surface area contributed by atoms with Gasteiger partial charge in [0.2, 0.25) is 0 Å². The number of rotatable bonds is 0. The summed E-state index contributed by atoms with van der Waals surface area (Å²) in [5.74, 6) is 0. The average Bonchev–Trinajstić information content (AvgIpc) is 2.51. The van der Waals surface area contributed by atoms with Crippen LogP contribution < -0.4 is 5.32 Å². The van der Waals surface area contributed by atoms with Gasteiger partial charge in [-0.3, -0.25) is 0 Å². The lowest BCUT2D eigenvalue weighted by atomic mass is 9.78. The highest BCUT2D eigenvalue weighted by Gasteiger charge is 2.46. The number of aliphatic hydroxyl groups is 1. The smallest absolute Gasteiger partial charge is 0.112 e. The first kappa shape index (κ1) is 8.30. The molecule has 1 fully saturated rings. The molecule has 1 aromatic carbocycles. The maximum atomic E-state index is 10.6. The highest BCUT2D eigenvalue weighted by atomic mass is 16.3. The van der Waals surface area contributed by atoms with E-state index in [0.29, 0.717) is 0 Å². The van der Waals surface area contributed by atoms with Crippen molar-refractivity contribution in [1.29, 1.82) is 0 Å². The number of benzene rings is 1. The van der Waals surface area contributed by atoms with Crippen LogP contribution in [0.5, 0.6) is 0 Å². The number of anilines is 1. The molecule has 0 spiro atoms. The first-order chi connectivity index (χ1) is 6.81. The van der Waals surface area contributed by atoms with Crippen molar-refractivity contribution in [3.05, 3.63) is 29.8 Å². The molecule has 0 aromatic heterocycles. The molecule has 2 atom stereocenters. The fourth-order valence-electron chi connectivity index (χ4n) is 2.84. The quantitative estimate of drug-likeness (QED) is 0.656. The van der Waals surface area contributed by atoms with Crippen molar-refractivity contribution in [2.45, 2.75) is 37.3 Å². The second-order valence-electron chi connectivity index (χ2n) is 4.41. The lowest BCUT2D eigenvalue weighted by Gasteiger charge is -2.34. The van der Waals surface area contributed by atoms with Gasteiger partial charge in [-0.25, -0.2) is 0 Å².